The first-order valence-electron chi connectivity index (χ1n) is 10.8. The van der Waals surface area contributed by atoms with Crippen molar-refractivity contribution in [3.8, 4) is 22.8 Å². The Morgan fingerprint density at radius 3 is 2.62 bits per heavy atom. The van der Waals surface area contributed by atoms with Crippen LogP contribution in [0.2, 0.25) is 5.02 Å². The van der Waals surface area contributed by atoms with Crippen molar-refractivity contribution >= 4 is 45.9 Å². The lowest BCUT2D eigenvalue weighted by atomic mass is 9.75. The summed E-state index contributed by atoms with van der Waals surface area (Å²) in [6.07, 6.45) is 2.63. The zero-order chi connectivity index (χ0) is 23.8. The Morgan fingerprint density at radius 1 is 1.03 bits per heavy atom. The second kappa shape index (κ2) is 9.16. The molecule has 1 aliphatic heterocycles. The minimum Gasteiger partial charge on any atom is -0.493 e. The molecular formula is C26H21ClN2O4S. The summed E-state index contributed by atoms with van der Waals surface area (Å²) in [5, 5.41) is 3.05. The summed E-state index contributed by atoms with van der Waals surface area (Å²) in [4.78, 5) is 35.0. The molecule has 5 rings (SSSR count). The van der Waals surface area contributed by atoms with Crippen LogP contribution >= 0.6 is 22.9 Å². The molecule has 1 saturated carbocycles. The van der Waals surface area contributed by atoms with Gasteiger partial charge < -0.3 is 9.47 Å². The number of Topliss-reactive ketones (excluding diaryl/α,β-unsaturated/α-hetero) is 1. The molecule has 2 aromatic carbocycles. The van der Waals surface area contributed by atoms with Gasteiger partial charge in [0.15, 0.2) is 11.5 Å². The van der Waals surface area contributed by atoms with Crippen molar-refractivity contribution in [1.29, 1.82) is 0 Å². The van der Waals surface area contributed by atoms with Crippen molar-refractivity contribution in [2.75, 3.05) is 14.2 Å². The minimum absolute atomic E-state index is 0.0430. The number of halogens is 1. The van der Waals surface area contributed by atoms with Crippen LogP contribution in [0.3, 0.4) is 0 Å². The Kier molecular flexibility index (Phi) is 6.06. The number of carbonyl (C=O) groups is 2. The Hall–Kier alpha value is -3.29. The predicted octanol–water partition coefficient (Wildman–Crippen LogP) is 5.61. The number of aromatic nitrogens is 1. The van der Waals surface area contributed by atoms with E-state index in [4.69, 9.17) is 21.1 Å². The van der Waals surface area contributed by atoms with Crippen LogP contribution < -0.4 is 9.47 Å². The van der Waals surface area contributed by atoms with Gasteiger partial charge in [0, 0.05) is 28.1 Å². The van der Waals surface area contributed by atoms with Crippen LogP contribution in [0, 0.1) is 5.92 Å². The fourth-order valence-corrected chi connectivity index (χ4v) is 5.46. The molecule has 1 fully saturated rings. The van der Waals surface area contributed by atoms with E-state index in [9.17, 15) is 9.59 Å². The van der Waals surface area contributed by atoms with Gasteiger partial charge in [-0.15, -0.1) is 11.3 Å². The third-order valence-corrected chi connectivity index (χ3v) is 7.26. The van der Waals surface area contributed by atoms with Gasteiger partial charge in [-0.25, -0.2) is 9.98 Å². The summed E-state index contributed by atoms with van der Waals surface area (Å²) in [6, 6.07) is 13.0. The smallest absolute Gasteiger partial charge is 0.279 e. The van der Waals surface area contributed by atoms with E-state index in [1.54, 1.807) is 26.4 Å². The lowest BCUT2D eigenvalue weighted by Crippen LogP contribution is -2.34. The van der Waals surface area contributed by atoms with Crippen LogP contribution in [0.4, 0.5) is 0 Å². The van der Waals surface area contributed by atoms with Crippen LogP contribution in [0.5, 0.6) is 11.5 Å². The van der Waals surface area contributed by atoms with E-state index in [2.05, 4.69) is 9.98 Å². The van der Waals surface area contributed by atoms with E-state index in [0.29, 0.717) is 45.7 Å². The molecule has 6 nitrogen and oxygen atoms in total. The molecule has 2 atom stereocenters. The van der Waals surface area contributed by atoms with E-state index in [-0.39, 0.29) is 17.6 Å². The number of allylic oxidation sites excluding steroid dienone is 1. The minimum atomic E-state index is -0.498. The van der Waals surface area contributed by atoms with Crippen molar-refractivity contribution in [3.05, 3.63) is 69.5 Å². The molecule has 2 aliphatic rings. The van der Waals surface area contributed by atoms with Gasteiger partial charge in [0.1, 0.15) is 10.8 Å². The monoisotopic (exact) mass is 492 g/mol. The second-order valence-corrected chi connectivity index (χ2v) is 9.49. The van der Waals surface area contributed by atoms with Crippen LogP contribution in [0.1, 0.15) is 29.3 Å². The van der Waals surface area contributed by atoms with E-state index in [0.717, 1.165) is 16.8 Å². The van der Waals surface area contributed by atoms with Gasteiger partial charge in [-0.05, 0) is 42.2 Å². The molecule has 34 heavy (non-hydrogen) atoms. The quantitative estimate of drug-likeness (QED) is 0.462. The zero-order valence-corrected chi connectivity index (χ0v) is 20.2. The number of dihydropyridines is 1. The molecule has 0 bridgehead atoms. The number of hydrogen-bond acceptors (Lipinski definition) is 6. The van der Waals surface area contributed by atoms with Gasteiger partial charge in [-0.1, -0.05) is 35.9 Å². The fraction of sp³-hybridized carbons (Fsp3) is 0.231. The van der Waals surface area contributed by atoms with E-state index >= 15 is 0 Å². The summed E-state index contributed by atoms with van der Waals surface area (Å²) in [5.41, 5.74) is 3.55. The van der Waals surface area contributed by atoms with E-state index in [1.807, 2.05) is 41.8 Å². The molecule has 0 N–H and O–H groups in total. The Bertz CT molecular complexity index is 1360. The molecule has 172 valence electrons. The highest BCUT2D eigenvalue weighted by Crippen LogP contribution is 2.40. The standard InChI is InChI=1S/C26H21ClN2O4S/c1-32-23-7-6-14(11-24(23)33-2)16-9-20-18(22(30)10-16)12-19(25(31)28-20)26-29-21(13-34-26)15-4-3-5-17(27)8-15/h3-8,11-13,16,18H,9-10H2,1-2H3. The highest BCUT2D eigenvalue weighted by molar-refractivity contribution is 7.11. The van der Waals surface area contributed by atoms with Crippen molar-refractivity contribution in [1.82, 2.24) is 4.98 Å². The number of amides is 1. The number of fused-ring (bicyclic) bond motifs is 1. The summed E-state index contributed by atoms with van der Waals surface area (Å²) >= 11 is 7.45. The lowest BCUT2D eigenvalue weighted by molar-refractivity contribution is -0.120. The third kappa shape index (κ3) is 4.17. The van der Waals surface area contributed by atoms with Crippen LogP contribution in [0.15, 0.2) is 58.9 Å². The maximum absolute atomic E-state index is 13.1. The maximum atomic E-state index is 13.1. The van der Waals surface area contributed by atoms with Crippen LogP contribution in [-0.4, -0.2) is 36.6 Å². The van der Waals surface area contributed by atoms with Gasteiger partial charge in [0.25, 0.3) is 5.91 Å². The van der Waals surface area contributed by atoms with Gasteiger partial charge in [-0.2, -0.15) is 0 Å². The first-order chi connectivity index (χ1) is 16.5. The molecule has 1 amide bonds. The molecule has 3 aromatic rings. The summed E-state index contributed by atoms with van der Waals surface area (Å²) in [6.45, 7) is 0. The molecule has 1 aliphatic carbocycles. The van der Waals surface area contributed by atoms with Crippen molar-refractivity contribution in [3.63, 3.8) is 0 Å². The first kappa shape index (κ1) is 22.5. The van der Waals surface area contributed by atoms with E-state index in [1.165, 1.54) is 11.3 Å². The number of benzene rings is 2. The average Bonchev–Trinajstić information content (AvgIpc) is 3.33. The largest absolute Gasteiger partial charge is 0.493 e. The number of ketones is 1. The summed E-state index contributed by atoms with van der Waals surface area (Å²) in [5.74, 6) is 0.352. The molecule has 0 radical (unpaired) electrons. The molecule has 1 aromatic heterocycles. The Labute approximate surface area is 205 Å². The number of nitrogens with zero attached hydrogens (tertiary/aromatic N) is 2. The molecule has 8 heteroatoms. The third-order valence-electron chi connectivity index (χ3n) is 6.15. The number of ether oxygens (including phenoxy) is 2. The zero-order valence-electron chi connectivity index (χ0n) is 18.6. The Morgan fingerprint density at radius 2 is 1.85 bits per heavy atom. The molecular weight excluding hydrogens is 472 g/mol. The SMILES string of the molecule is COc1ccc(C2CC(=O)C3C=C(c4nc(-c5cccc(Cl)c5)cs4)C(=O)N=C3C2)cc1OC. The van der Waals surface area contributed by atoms with Gasteiger partial charge in [0.05, 0.1) is 31.4 Å². The highest BCUT2D eigenvalue weighted by atomic mass is 35.5. The lowest BCUT2D eigenvalue weighted by Gasteiger charge is -2.30. The first-order valence-corrected chi connectivity index (χ1v) is 12.0. The van der Waals surface area contributed by atoms with Crippen molar-refractivity contribution in [2.24, 2.45) is 10.9 Å². The molecule has 0 saturated heterocycles. The number of hydrogen-bond donors (Lipinski definition) is 0. The fourth-order valence-electron chi connectivity index (χ4n) is 4.42. The number of methoxy groups -OCH3 is 2. The second-order valence-electron chi connectivity index (χ2n) is 8.20. The highest BCUT2D eigenvalue weighted by Gasteiger charge is 2.37. The van der Waals surface area contributed by atoms with Crippen LogP contribution in [0.25, 0.3) is 16.8 Å². The van der Waals surface area contributed by atoms with Gasteiger partial charge >= 0.3 is 0 Å². The normalized spacial score (nSPS) is 19.9. The predicted molar refractivity (Wildman–Crippen MR) is 133 cm³/mol. The average molecular weight is 493 g/mol. The number of carbonyl (C=O) groups excluding carboxylic acids is 2. The topological polar surface area (TPSA) is 77.9 Å². The van der Waals surface area contributed by atoms with Crippen LogP contribution in [-0.2, 0) is 9.59 Å². The molecule has 2 heterocycles. The van der Waals surface area contributed by atoms with Crippen molar-refractivity contribution < 1.29 is 19.1 Å². The Balaban J connectivity index is 1.40. The number of rotatable bonds is 5. The summed E-state index contributed by atoms with van der Waals surface area (Å²) in [7, 11) is 3.16. The maximum Gasteiger partial charge on any atom is 0.279 e. The van der Waals surface area contributed by atoms with Gasteiger partial charge in [-0.3, -0.25) is 9.59 Å². The number of thiazole rings is 1. The summed E-state index contributed by atoms with van der Waals surface area (Å²) < 4.78 is 10.7. The number of aliphatic imine (C=N–C) groups is 1. The molecule has 2 unspecified atom stereocenters. The van der Waals surface area contributed by atoms with Crippen molar-refractivity contribution in [2.45, 2.75) is 18.8 Å². The van der Waals surface area contributed by atoms with Gasteiger partial charge in [0.2, 0.25) is 0 Å². The van der Waals surface area contributed by atoms with E-state index < -0.39 is 5.92 Å². The molecule has 0 spiro atoms.